The van der Waals surface area contributed by atoms with Gasteiger partial charge in [-0.05, 0) is 44.6 Å². The number of carbonyl (C=O) groups excluding carboxylic acids is 1. The SMILES string of the molecule is Cc1nn2c([C@H]3CN(C(=O)CC4CCCC4)CCO3)ccnc2c1CN1CCC(O)CC1. The fourth-order valence-electron chi connectivity index (χ4n) is 5.49. The van der Waals surface area contributed by atoms with E-state index >= 15 is 0 Å². The Morgan fingerprint density at radius 1 is 1.19 bits per heavy atom. The number of aromatic nitrogens is 3. The zero-order valence-electron chi connectivity index (χ0n) is 19.1. The van der Waals surface area contributed by atoms with E-state index in [-0.39, 0.29) is 18.1 Å². The maximum atomic E-state index is 12.9. The van der Waals surface area contributed by atoms with E-state index in [1.807, 2.05) is 28.6 Å². The Morgan fingerprint density at radius 2 is 1.97 bits per heavy atom. The number of morpholine rings is 1. The van der Waals surface area contributed by atoms with Gasteiger partial charge in [0.2, 0.25) is 5.91 Å². The van der Waals surface area contributed by atoms with Crippen LogP contribution in [0.4, 0.5) is 0 Å². The summed E-state index contributed by atoms with van der Waals surface area (Å²) in [4.78, 5) is 21.9. The standard InChI is InChI=1S/C24H35N5O3/c1-17-20(15-27-10-7-19(30)8-11-27)24-25-9-6-21(29(24)26-17)22-16-28(12-13-32-22)23(31)14-18-4-2-3-5-18/h6,9,18-19,22,30H,2-5,7-8,10-16H2,1H3/t22-/m1/s1. The molecule has 0 aromatic carbocycles. The third kappa shape index (κ3) is 4.54. The normalized spacial score (nSPS) is 23.9. The van der Waals surface area contributed by atoms with Gasteiger partial charge < -0.3 is 14.7 Å². The van der Waals surface area contributed by atoms with Gasteiger partial charge in [0.1, 0.15) is 6.10 Å². The van der Waals surface area contributed by atoms with Crippen molar-refractivity contribution in [3.8, 4) is 0 Å². The first-order valence-corrected chi connectivity index (χ1v) is 12.2. The summed E-state index contributed by atoms with van der Waals surface area (Å²) in [7, 11) is 0. The van der Waals surface area contributed by atoms with E-state index in [1.165, 1.54) is 25.7 Å². The van der Waals surface area contributed by atoms with Crippen LogP contribution in [0, 0.1) is 12.8 Å². The van der Waals surface area contributed by atoms with Gasteiger partial charge in [0, 0.05) is 44.4 Å². The highest BCUT2D eigenvalue weighted by molar-refractivity contribution is 5.76. The molecule has 0 radical (unpaired) electrons. The van der Waals surface area contributed by atoms with Crippen molar-refractivity contribution >= 4 is 11.6 Å². The van der Waals surface area contributed by atoms with Crippen molar-refractivity contribution in [1.29, 1.82) is 0 Å². The lowest BCUT2D eigenvalue weighted by molar-refractivity contribution is -0.140. The fourth-order valence-corrected chi connectivity index (χ4v) is 5.49. The van der Waals surface area contributed by atoms with Gasteiger partial charge in [0.15, 0.2) is 5.65 Å². The lowest BCUT2D eigenvalue weighted by Crippen LogP contribution is -2.43. The molecule has 8 nitrogen and oxygen atoms in total. The number of hydrogen-bond acceptors (Lipinski definition) is 6. The Balaban J connectivity index is 1.33. The Bertz CT molecular complexity index is 947. The van der Waals surface area contributed by atoms with Crippen LogP contribution in [0.25, 0.3) is 5.65 Å². The fraction of sp³-hybridized carbons (Fsp3) is 0.708. The molecule has 3 fully saturated rings. The van der Waals surface area contributed by atoms with Crippen LogP contribution >= 0.6 is 0 Å². The number of amides is 1. The van der Waals surface area contributed by atoms with E-state index in [0.717, 1.165) is 55.1 Å². The maximum absolute atomic E-state index is 12.9. The van der Waals surface area contributed by atoms with Crippen molar-refractivity contribution in [2.45, 2.75) is 70.6 Å². The number of aliphatic hydroxyl groups is 1. The largest absolute Gasteiger partial charge is 0.393 e. The van der Waals surface area contributed by atoms with Crippen LogP contribution in [0.3, 0.4) is 0 Å². The molecule has 174 valence electrons. The van der Waals surface area contributed by atoms with Crippen molar-refractivity contribution in [3.63, 3.8) is 0 Å². The van der Waals surface area contributed by atoms with E-state index < -0.39 is 0 Å². The van der Waals surface area contributed by atoms with E-state index in [4.69, 9.17) is 9.84 Å². The highest BCUT2D eigenvalue weighted by Crippen LogP contribution is 2.30. The van der Waals surface area contributed by atoms with Gasteiger partial charge in [-0.1, -0.05) is 12.8 Å². The van der Waals surface area contributed by atoms with Crippen LogP contribution in [0.15, 0.2) is 12.3 Å². The number of piperidine rings is 1. The van der Waals surface area contributed by atoms with Crippen molar-refractivity contribution in [3.05, 3.63) is 29.2 Å². The third-order valence-corrected chi connectivity index (χ3v) is 7.47. The second-order valence-electron chi connectivity index (χ2n) is 9.73. The molecule has 0 bridgehead atoms. The van der Waals surface area contributed by atoms with Crippen molar-refractivity contribution in [2.75, 3.05) is 32.8 Å². The molecule has 3 aliphatic rings. The van der Waals surface area contributed by atoms with Gasteiger partial charge >= 0.3 is 0 Å². The molecule has 1 amide bonds. The molecular weight excluding hydrogens is 406 g/mol. The first-order chi connectivity index (χ1) is 15.6. The summed E-state index contributed by atoms with van der Waals surface area (Å²) in [5.41, 5.74) is 3.93. The molecule has 2 aliphatic heterocycles. The summed E-state index contributed by atoms with van der Waals surface area (Å²) in [5, 5.41) is 14.6. The molecule has 1 aliphatic carbocycles. The molecule has 2 saturated heterocycles. The van der Waals surface area contributed by atoms with E-state index in [9.17, 15) is 9.90 Å². The molecule has 2 aromatic heterocycles. The smallest absolute Gasteiger partial charge is 0.223 e. The predicted molar refractivity (Wildman–Crippen MR) is 120 cm³/mol. The van der Waals surface area contributed by atoms with E-state index in [0.29, 0.717) is 32.0 Å². The summed E-state index contributed by atoms with van der Waals surface area (Å²) in [6, 6.07) is 1.97. The van der Waals surface area contributed by atoms with Gasteiger partial charge in [0.25, 0.3) is 0 Å². The molecule has 0 spiro atoms. The van der Waals surface area contributed by atoms with Crippen LogP contribution in [0.5, 0.6) is 0 Å². The molecule has 1 saturated carbocycles. The van der Waals surface area contributed by atoms with Crippen LogP contribution in [0.1, 0.15) is 68.0 Å². The van der Waals surface area contributed by atoms with Gasteiger partial charge in [-0.2, -0.15) is 5.10 Å². The Labute approximate surface area is 189 Å². The van der Waals surface area contributed by atoms with Crippen LogP contribution < -0.4 is 0 Å². The average molecular weight is 442 g/mol. The minimum Gasteiger partial charge on any atom is -0.393 e. The molecule has 8 heteroatoms. The van der Waals surface area contributed by atoms with Gasteiger partial charge in [0.05, 0.1) is 30.6 Å². The summed E-state index contributed by atoms with van der Waals surface area (Å²) >= 11 is 0. The predicted octanol–water partition coefficient (Wildman–Crippen LogP) is 2.47. The number of nitrogens with zero attached hydrogens (tertiary/aromatic N) is 5. The molecule has 32 heavy (non-hydrogen) atoms. The highest BCUT2D eigenvalue weighted by atomic mass is 16.5. The minimum atomic E-state index is -0.195. The first kappa shape index (κ1) is 21.8. The molecule has 5 rings (SSSR count). The summed E-state index contributed by atoms with van der Waals surface area (Å²) < 4.78 is 8.03. The summed E-state index contributed by atoms with van der Waals surface area (Å²) in [6.45, 7) is 6.39. The Hall–Kier alpha value is -2.03. The molecule has 0 unspecified atom stereocenters. The molecule has 1 atom stereocenters. The zero-order chi connectivity index (χ0) is 22.1. The minimum absolute atomic E-state index is 0.177. The number of fused-ring (bicyclic) bond motifs is 1. The number of ether oxygens (including phenoxy) is 1. The Morgan fingerprint density at radius 3 is 2.75 bits per heavy atom. The van der Waals surface area contributed by atoms with Gasteiger partial charge in [-0.15, -0.1) is 0 Å². The number of carbonyl (C=O) groups is 1. The Kier molecular flexibility index (Phi) is 6.44. The first-order valence-electron chi connectivity index (χ1n) is 12.2. The second kappa shape index (κ2) is 9.45. The van der Waals surface area contributed by atoms with E-state index in [2.05, 4.69) is 9.88 Å². The number of aliphatic hydroxyl groups excluding tert-OH is 1. The van der Waals surface area contributed by atoms with Crippen molar-refractivity contribution in [1.82, 2.24) is 24.4 Å². The quantitative estimate of drug-likeness (QED) is 0.768. The summed E-state index contributed by atoms with van der Waals surface area (Å²) in [5.74, 6) is 0.823. The number of likely N-dealkylation sites (tertiary alicyclic amines) is 1. The number of rotatable bonds is 5. The second-order valence-corrected chi connectivity index (χ2v) is 9.73. The molecule has 1 N–H and O–H groups in total. The topological polar surface area (TPSA) is 83.2 Å². The lowest BCUT2D eigenvalue weighted by Gasteiger charge is -2.33. The van der Waals surface area contributed by atoms with Gasteiger partial charge in [-0.3, -0.25) is 9.69 Å². The van der Waals surface area contributed by atoms with Crippen LogP contribution in [0.2, 0.25) is 0 Å². The number of aryl methyl sites for hydroxylation is 1. The molecule has 2 aromatic rings. The monoisotopic (exact) mass is 441 g/mol. The van der Waals surface area contributed by atoms with Crippen LogP contribution in [-0.2, 0) is 16.1 Å². The summed E-state index contributed by atoms with van der Waals surface area (Å²) in [6.07, 6.45) is 8.67. The maximum Gasteiger partial charge on any atom is 0.223 e. The van der Waals surface area contributed by atoms with Crippen molar-refractivity contribution in [2.24, 2.45) is 5.92 Å². The molecular formula is C24H35N5O3. The molecule has 4 heterocycles. The number of hydrogen-bond donors (Lipinski definition) is 1. The third-order valence-electron chi connectivity index (χ3n) is 7.47. The average Bonchev–Trinajstić information content (AvgIpc) is 3.43. The van der Waals surface area contributed by atoms with E-state index in [1.54, 1.807) is 0 Å². The highest BCUT2D eigenvalue weighted by Gasteiger charge is 2.30. The van der Waals surface area contributed by atoms with Crippen LogP contribution in [-0.4, -0.2) is 74.3 Å². The zero-order valence-corrected chi connectivity index (χ0v) is 19.1. The van der Waals surface area contributed by atoms with Crippen molar-refractivity contribution < 1.29 is 14.6 Å². The van der Waals surface area contributed by atoms with Gasteiger partial charge in [-0.25, -0.2) is 9.50 Å². The lowest BCUT2D eigenvalue weighted by atomic mass is 10.0.